The van der Waals surface area contributed by atoms with Crippen molar-refractivity contribution < 1.29 is 23.7 Å². The highest BCUT2D eigenvalue weighted by atomic mass is 16.8. The van der Waals surface area contributed by atoms with Crippen molar-refractivity contribution in [2.75, 3.05) is 19.0 Å². The fourth-order valence-corrected chi connectivity index (χ4v) is 2.14. The number of ether oxygens (including phenoxy) is 4. The summed E-state index contributed by atoms with van der Waals surface area (Å²) in [5.41, 5.74) is 0.690. The van der Waals surface area contributed by atoms with Crippen LogP contribution in [0.1, 0.15) is 0 Å². The number of epoxide rings is 1. The molecule has 3 rings (SSSR count). The lowest BCUT2D eigenvalue weighted by Crippen LogP contribution is -2.28. The molecule has 19 heavy (non-hydrogen) atoms. The molecule has 0 unspecified atom stereocenters. The number of anilines is 1. The summed E-state index contributed by atoms with van der Waals surface area (Å²) in [6.07, 6.45) is -1.15. The van der Waals surface area contributed by atoms with E-state index in [9.17, 15) is 4.79 Å². The van der Waals surface area contributed by atoms with Gasteiger partial charge in [0.25, 0.3) is 0 Å². The van der Waals surface area contributed by atoms with Crippen LogP contribution < -0.4 is 5.32 Å². The Labute approximate surface area is 110 Å². The summed E-state index contributed by atoms with van der Waals surface area (Å²) in [6, 6.07) is 9.12. The van der Waals surface area contributed by atoms with Crippen LogP contribution >= 0.6 is 0 Å². The van der Waals surface area contributed by atoms with Crippen molar-refractivity contribution >= 4 is 11.8 Å². The molecule has 0 spiro atoms. The first-order valence-corrected chi connectivity index (χ1v) is 6.10. The number of carbonyl (C=O) groups is 1. The summed E-state index contributed by atoms with van der Waals surface area (Å²) in [6.45, 7) is 0.152. The van der Waals surface area contributed by atoms with Gasteiger partial charge in [0.05, 0.1) is 0 Å². The number of methoxy groups -OCH3 is 1. The molecule has 0 aromatic heterocycles. The van der Waals surface area contributed by atoms with Gasteiger partial charge in [-0.05, 0) is 12.1 Å². The second-order valence-electron chi connectivity index (χ2n) is 4.43. The van der Waals surface area contributed by atoms with Crippen LogP contribution in [0.25, 0.3) is 0 Å². The summed E-state index contributed by atoms with van der Waals surface area (Å²) in [4.78, 5) is 11.6. The molecule has 6 heteroatoms. The Morgan fingerprint density at radius 3 is 2.74 bits per heavy atom. The smallest absolute Gasteiger partial charge is 0.411 e. The molecule has 1 aromatic carbocycles. The van der Waals surface area contributed by atoms with E-state index in [-0.39, 0.29) is 31.2 Å². The quantitative estimate of drug-likeness (QED) is 0.833. The molecule has 2 fully saturated rings. The third kappa shape index (κ3) is 2.70. The summed E-state index contributed by atoms with van der Waals surface area (Å²) in [5.74, 6) is 0. The molecule has 6 nitrogen and oxygen atoms in total. The molecule has 1 amide bonds. The largest absolute Gasteiger partial charge is 0.446 e. The van der Waals surface area contributed by atoms with Gasteiger partial charge in [-0.2, -0.15) is 0 Å². The van der Waals surface area contributed by atoms with E-state index in [0.29, 0.717) is 5.69 Å². The maximum Gasteiger partial charge on any atom is 0.411 e. The minimum atomic E-state index is -0.507. The van der Waals surface area contributed by atoms with Crippen molar-refractivity contribution in [1.29, 1.82) is 0 Å². The average Bonchev–Trinajstić information content (AvgIpc) is 3.14. The van der Waals surface area contributed by atoms with Crippen LogP contribution in [0.15, 0.2) is 30.3 Å². The number of carbonyl (C=O) groups excluding carboxylic acids is 1. The second-order valence-corrected chi connectivity index (χ2v) is 4.43. The Bertz CT molecular complexity index is 452. The molecule has 2 aliphatic heterocycles. The molecule has 0 aliphatic carbocycles. The Morgan fingerprint density at radius 2 is 2.05 bits per heavy atom. The molecule has 4 atom stereocenters. The van der Waals surface area contributed by atoms with Crippen molar-refractivity contribution in [3.63, 3.8) is 0 Å². The first kappa shape index (κ1) is 12.4. The van der Waals surface area contributed by atoms with E-state index < -0.39 is 6.09 Å². The Hall–Kier alpha value is -1.63. The van der Waals surface area contributed by atoms with Crippen LogP contribution in [0.3, 0.4) is 0 Å². The Balaban J connectivity index is 1.44. The number of nitrogens with one attached hydrogen (secondary N) is 1. The highest BCUT2D eigenvalue weighted by Crippen LogP contribution is 2.39. The minimum Gasteiger partial charge on any atom is -0.446 e. The van der Waals surface area contributed by atoms with Gasteiger partial charge in [-0.25, -0.2) is 4.79 Å². The predicted molar refractivity (Wildman–Crippen MR) is 65.7 cm³/mol. The lowest BCUT2D eigenvalue weighted by molar-refractivity contribution is -0.166. The molecule has 0 saturated carbocycles. The van der Waals surface area contributed by atoms with E-state index in [0.717, 1.165) is 0 Å². The molecular formula is C13H15NO5. The number of para-hydroxylation sites is 1. The third-order valence-corrected chi connectivity index (χ3v) is 3.14. The van der Waals surface area contributed by atoms with Crippen molar-refractivity contribution in [2.24, 2.45) is 0 Å². The van der Waals surface area contributed by atoms with Crippen LogP contribution in [0.2, 0.25) is 0 Å². The number of amides is 1. The summed E-state index contributed by atoms with van der Waals surface area (Å²) >= 11 is 0. The van der Waals surface area contributed by atoms with E-state index in [1.807, 2.05) is 18.2 Å². The molecule has 2 heterocycles. The molecule has 102 valence electrons. The van der Waals surface area contributed by atoms with Gasteiger partial charge in [0.2, 0.25) is 0 Å². The fraction of sp³-hybridized carbons (Fsp3) is 0.462. The highest BCUT2D eigenvalue weighted by molar-refractivity contribution is 5.84. The van der Waals surface area contributed by atoms with Crippen LogP contribution in [0, 0.1) is 0 Å². The number of rotatable bonds is 4. The Kier molecular flexibility index (Phi) is 3.37. The van der Waals surface area contributed by atoms with Gasteiger partial charge >= 0.3 is 6.09 Å². The van der Waals surface area contributed by atoms with E-state index in [4.69, 9.17) is 18.9 Å². The predicted octanol–water partition coefficient (Wildman–Crippen LogP) is 1.37. The summed E-state index contributed by atoms with van der Waals surface area (Å²) in [5, 5.41) is 2.63. The molecule has 1 N–H and O–H groups in total. The summed E-state index contributed by atoms with van der Waals surface area (Å²) < 4.78 is 21.1. The zero-order chi connectivity index (χ0) is 13.2. The first-order chi connectivity index (χ1) is 9.28. The average molecular weight is 265 g/mol. The van der Waals surface area contributed by atoms with Gasteiger partial charge in [0.1, 0.15) is 24.9 Å². The molecule has 1 aromatic rings. The minimum absolute atomic E-state index is 0.0178. The lowest BCUT2D eigenvalue weighted by atomic mass is 10.2. The lowest BCUT2D eigenvalue weighted by Gasteiger charge is -2.16. The SMILES string of the molecule is CO[C@@H]1O[C@@H](COC(=O)Nc2ccccc2)[C@@H]2O[C@@H]12. The topological polar surface area (TPSA) is 69.3 Å². The van der Waals surface area contributed by atoms with E-state index >= 15 is 0 Å². The second kappa shape index (κ2) is 5.16. The van der Waals surface area contributed by atoms with Gasteiger partial charge in [-0.15, -0.1) is 0 Å². The maximum absolute atomic E-state index is 11.6. The van der Waals surface area contributed by atoms with Gasteiger partial charge in [0.15, 0.2) is 6.29 Å². The first-order valence-electron chi connectivity index (χ1n) is 6.10. The van der Waals surface area contributed by atoms with E-state index in [1.54, 1.807) is 19.2 Å². The maximum atomic E-state index is 11.6. The van der Waals surface area contributed by atoms with E-state index in [2.05, 4.69) is 5.32 Å². The molecule has 0 radical (unpaired) electrons. The highest BCUT2D eigenvalue weighted by Gasteiger charge is 2.58. The molecular weight excluding hydrogens is 250 g/mol. The van der Waals surface area contributed by atoms with Crippen LogP contribution in [-0.4, -0.2) is 44.4 Å². The fourth-order valence-electron chi connectivity index (χ4n) is 2.14. The monoisotopic (exact) mass is 265 g/mol. The number of hydrogen-bond acceptors (Lipinski definition) is 5. The van der Waals surface area contributed by atoms with Gasteiger partial charge in [-0.3, -0.25) is 5.32 Å². The van der Waals surface area contributed by atoms with Crippen LogP contribution in [0.5, 0.6) is 0 Å². The van der Waals surface area contributed by atoms with Crippen LogP contribution in [0.4, 0.5) is 10.5 Å². The molecule has 2 aliphatic rings. The van der Waals surface area contributed by atoms with Crippen molar-refractivity contribution in [2.45, 2.75) is 24.6 Å². The van der Waals surface area contributed by atoms with Crippen molar-refractivity contribution in [1.82, 2.24) is 0 Å². The van der Waals surface area contributed by atoms with E-state index in [1.165, 1.54) is 0 Å². The number of hydrogen-bond donors (Lipinski definition) is 1. The third-order valence-electron chi connectivity index (χ3n) is 3.14. The Morgan fingerprint density at radius 1 is 1.26 bits per heavy atom. The molecule has 0 bridgehead atoms. The molecule has 2 saturated heterocycles. The standard InChI is InChI=1S/C13H15NO5/c1-16-12-11-10(19-11)9(18-12)7-17-13(15)14-8-5-3-2-4-6-8/h2-6,9-12H,7H2,1H3,(H,14,15)/t9-,10-,11+,12+/m0/s1. The zero-order valence-corrected chi connectivity index (χ0v) is 10.4. The zero-order valence-electron chi connectivity index (χ0n) is 10.4. The van der Waals surface area contributed by atoms with Crippen LogP contribution in [-0.2, 0) is 18.9 Å². The van der Waals surface area contributed by atoms with Gasteiger partial charge in [0, 0.05) is 12.8 Å². The van der Waals surface area contributed by atoms with Gasteiger partial charge < -0.3 is 18.9 Å². The van der Waals surface area contributed by atoms with Crippen molar-refractivity contribution in [3.8, 4) is 0 Å². The number of benzene rings is 1. The van der Waals surface area contributed by atoms with Gasteiger partial charge in [-0.1, -0.05) is 18.2 Å². The van der Waals surface area contributed by atoms with Crippen molar-refractivity contribution in [3.05, 3.63) is 30.3 Å². The number of fused-ring (bicyclic) bond motifs is 1. The summed E-state index contributed by atoms with van der Waals surface area (Å²) in [7, 11) is 1.56. The normalized spacial score (nSPS) is 31.6.